The molecule has 0 amide bonds. The van der Waals surface area contributed by atoms with Gasteiger partial charge in [0.2, 0.25) is 0 Å². The van der Waals surface area contributed by atoms with Gasteiger partial charge in [-0.2, -0.15) is 13.2 Å². The molecule has 0 aliphatic rings. The van der Waals surface area contributed by atoms with Gasteiger partial charge in [0.15, 0.2) is 0 Å². The van der Waals surface area contributed by atoms with E-state index in [1.54, 1.807) is 0 Å². The molecule has 0 radical (unpaired) electrons. The van der Waals surface area contributed by atoms with Crippen molar-refractivity contribution in [1.29, 1.82) is 0 Å². The van der Waals surface area contributed by atoms with E-state index in [0.29, 0.717) is 16.8 Å². The minimum atomic E-state index is -4.32. The maximum atomic E-state index is 12.2. The van der Waals surface area contributed by atoms with Crippen LogP contribution in [-0.2, 0) is 6.18 Å². The van der Waals surface area contributed by atoms with Crippen LogP contribution in [0.25, 0.3) is 0 Å². The zero-order valence-electron chi connectivity index (χ0n) is 8.59. The molecule has 1 rings (SSSR count). The number of nitrogens with zero attached hydrogens (tertiary/aromatic N) is 1. The van der Waals surface area contributed by atoms with Gasteiger partial charge in [-0.1, -0.05) is 6.92 Å². The van der Waals surface area contributed by atoms with Crippen LogP contribution in [0.15, 0.2) is 23.4 Å². The van der Waals surface area contributed by atoms with Crippen molar-refractivity contribution in [1.82, 2.24) is 4.98 Å². The fraction of sp³-hybridized carbons (Fsp3) is 0.500. The molecule has 1 nitrogen and oxygen atoms in total. The van der Waals surface area contributed by atoms with Crippen molar-refractivity contribution in [2.75, 3.05) is 11.6 Å². The van der Waals surface area contributed by atoms with E-state index >= 15 is 0 Å². The van der Waals surface area contributed by atoms with Crippen molar-refractivity contribution in [3.63, 3.8) is 0 Å². The van der Waals surface area contributed by atoms with E-state index in [0.717, 1.165) is 18.0 Å². The van der Waals surface area contributed by atoms with E-state index in [2.05, 4.69) is 4.98 Å². The Balaban J connectivity index is 2.58. The smallest absolute Gasteiger partial charge is 0.249 e. The lowest BCUT2D eigenvalue weighted by molar-refractivity contribution is -0.137. The van der Waals surface area contributed by atoms with Gasteiger partial charge in [0, 0.05) is 17.8 Å². The van der Waals surface area contributed by atoms with Gasteiger partial charge >= 0.3 is 6.18 Å². The number of halogens is 4. The molecule has 1 unspecified atom stereocenters. The summed E-state index contributed by atoms with van der Waals surface area (Å²) < 4.78 is 36.7. The molecule has 0 aromatic carbocycles. The number of pyridine rings is 1. The molecule has 1 aromatic heterocycles. The topological polar surface area (TPSA) is 12.9 Å². The number of rotatable bonds is 4. The van der Waals surface area contributed by atoms with Gasteiger partial charge in [-0.15, -0.1) is 23.4 Å². The highest BCUT2D eigenvalue weighted by Crippen LogP contribution is 2.29. The Morgan fingerprint density at radius 3 is 2.56 bits per heavy atom. The lowest BCUT2D eigenvalue weighted by atomic mass is 10.3. The fourth-order valence-corrected chi connectivity index (χ4v) is 2.01. The maximum absolute atomic E-state index is 12.2. The van der Waals surface area contributed by atoms with Gasteiger partial charge in [-0.25, -0.2) is 4.98 Å². The third kappa shape index (κ3) is 4.22. The Labute approximate surface area is 101 Å². The lowest BCUT2D eigenvalue weighted by Crippen LogP contribution is -2.05. The number of thioether (sulfide) groups is 1. The molecule has 1 aromatic rings. The molecular formula is C10H11ClF3NS. The molecular weight excluding hydrogens is 259 g/mol. The molecule has 0 bridgehead atoms. The first-order valence-electron chi connectivity index (χ1n) is 4.65. The Hall–Kier alpha value is -0.420. The lowest BCUT2D eigenvalue weighted by Gasteiger charge is -2.08. The SMILES string of the molecule is CC(CCl)CSc1ccc(C(F)(F)F)cn1. The van der Waals surface area contributed by atoms with Crippen molar-refractivity contribution in [3.05, 3.63) is 23.9 Å². The molecule has 0 aliphatic heterocycles. The molecule has 0 spiro atoms. The molecule has 1 atom stereocenters. The van der Waals surface area contributed by atoms with Gasteiger partial charge in [0.25, 0.3) is 0 Å². The Morgan fingerprint density at radius 1 is 1.44 bits per heavy atom. The largest absolute Gasteiger partial charge is 0.417 e. The standard InChI is InChI=1S/C10H11ClF3NS/c1-7(4-11)6-16-9-3-2-8(5-15-9)10(12,13)14/h2-3,5,7H,4,6H2,1H3. The molecule has 1 heterocycles. The molecule has 0 saturated heterocycles. The van der Waals surface area contributed by atoms with Crippen LogP contribution in [0.5, 0.6) is 0 Å². The van der Waals surface area contributed by atoms with Gasteiger partial charge in [-0.05, 0) is 18.1 Å². The summed E-state index contributed by atoms with van der Waals surface area (Å²) in [5.74, 6) is 1.60. The quantitative estimate of drug-likeness (QED) is 0.604. The predicted molar refractivity (Wildman–Crippen MR) is 59.8 cm³/mol. The van der Waals surface area contributed by atoms with Crippen LogP contribution in [0.4, 0.5) is 13.2 Å². The van der Waals surface area contributed by atoms with Crippen LogP contribution in [0.1, 0.15) is 12.5 Å². The summed E-state index contributed by atoms with van der Waals surface area (Å²) in [6, 6.07) is 2.43. The molecule has 0 aliphatic carbocycles. The number of alkyl halides is 4. The van der Waals surface area contributed by atoms with E-state index < -0.39 is 11.7 Å². The van der Waals surface area contributed by atoms with Crippen molar-refractivity contribution in [2.45, 2.75) is 18.1 Å². The summed E-state index contributed by atoms with van der Waals surface area (Å²) in [7, 11) is 0. The van der Waals surface area contributed by atoms with Crippen molar-refractivity contribution in [3.8, 4) is 0 Å². The van der Waals surface area contributed by atoms with Crippen LogP contribution in [0.2, 0.25) is 0 Å². The van der Waals surface area contributed by atoms with Crippen LogP contribution >= 0.6 is 23.4 Å². The van der Waals surface area contributed by atoms with Crippen molar-refractivity contribution < 1.29 is 13.2 Å². The van der Waals surface area contributed by atoms with E-state index in [9.17, 15) is 13.2 Å². The van der Waals surface area contributed by atoms with E-state index in [1.165, 1.54) is 17.8 Å². The van der Waals surface area contributed by atoms with Crippen molar-refractivity contribution >= 4 is 23.4 Å². The molecule has 0 saturated carbocycles. The molecule has 0 fully saturated rings. The number of aromatic nitrogens is 1. The molecule has 0 N–H and O–H groups in total. The second-order valence-electron chi connectivity index (χ2n) is 3.45. The summed E-state index contributed by atoms with van der Waals surface area (Å²) in [5.41, 5.74) is -0.720. The second kappa shape index (κ2) is 5.77. The molecule has 90 valence electrons. The summed E-state index contributed by atoms with van der Waals surface area (Å²) in [6.07, 6.45) is -3.46. The molecule has 16 heavy (non-hydrogen) atoms. The van der Waals surface area contributed by atoms with E-state index in [-0.39, 0.29) is 0 Å². The van der Waals surface area contributed by atoms with Gasteiger partial charge in [0.1, 0.15) is 0 Å². The Bertz CT molecular complexity index is 326. The first-order valence-corrected chi connectivity index (χ1v) is 6.17. The summed E-state index contributed by atoms with van der Waals surface area (Å²) >= 11 is 7.03. The first kappa shape index (κ1) is 13.6. The number of hydrogen-bond donors (Lipinski definition) is 0. The average molecular weight is 270 g/mol. The third-order valence-corrected chi connectivity index (χ3v) is 3.64. The zero-order chi connectivity index (χ0) is 12.2. The van der Waals surface area contributed by atoms with Crippen molar-refractivity contribution in [2.24, 2.45) is 5.92 Å². The number of hydrogen-bond acceptors (Lipinski definition) is 2. The minimum absolute atomic E-state index is 0.316. The summed E-state index contributed by atoms with van der Waals surface area (Å²) in [6.45, 7) is 1.98. The van der Waals surface area contributed by atoms with Crippen LogP contribution in [0.3, 0.4) is 0 Å². The van der Waals surface area contributed by atoms with Gasteiger partial charge in [0.05, 0.1) is 10.6 Å². The third-order valence-electron chi connectivity index (χ3n) is 1.84. The first-order chi connectivity index (χ1) is 7.43. The Morgan fingerprint density at radius 2 is 2.12 bits per heavy atom. The second-order valence-corrected chi connectivity index (χ2v) is 4.80. The monoisotopic (exact) mass is 269 g/mol. The van der Waals surface area contributed by atoms with Crippen LogP contribution < -0.4 is 0 Å². The average Bonchev–Trinajstić information content (AvgIpc) is 2.25. The van der Waals surface area contributed by atoms with Gasteiger partial charge in [-0.3, -0.25) is 0 Å². The Kier molecular flexibility index (Phi) is 4.92. The van der Waals surface area contributed by atoms with Crippen LogP contribution in [-0.4, -0.2) is 16.6 Å². The highest BCUT2D eigenvalue weighted by Gasteiger charge is 2.30. The summed E-state index contributed by atoms with van der Waals surface area (Å²) in [4.78, 5) is 3.75. The maximum Gasteiger partial charge on any atom is 0.417 e. The normalized spacial score (nSPS) is 13.8. The minimum Gasteiger partial charge on any atom is -0.249 e. The van der Waals surface area contributed by atoms with E-state index in [1.807, 2.05) is 6.92 Å². The predicted octanol–water partition coefficient (Wildman–Crippen LogP) is 4.07. The zero-order valence-corrected chi connectivity index (χ0v) is 10.2. The van der Waals surface area contributed by atoms with Gasteiger partial charge < -0.3 is 0 Å². The highest BCUT2D eigenvalue weighted by molar-refractivity contribution is 7.99. The molecule has 6 heteroatoms. The fourth-order valence-electron chi connectivity index (χ4n) is 0.906. The van der Waals surface area contributed by atoms with Crippen LogP contribution in [0, 0.1) is 5.92 Å². The van der Waals surface area contributed by atoms with E-state index in [4.69, 9.17) is 11.6 Å². The summed E-state index contributed by atoms with van der Waals surface area (Å²) in [5, 5.41) is 0.588. The highest BCUT2D eigenvalue weighted by atomic mass is 35.5.